The number of carboxylic acid groups (broad SMARTS) is 1. The van der Waals surface area contributed by atoms with E-state index in [4.69, 9.17) is 11.2 Å². The van der Waals surface area contributed by atoms with Crippen LogP contribution >= 0.6 is 0 Å². The van der Waals surface area contributed by atoms with Crippen molar-refractivity contribution in [3.8, 4) is 12.3 Å². The maximum absolute atomic E-state index is 11.9. The van der Waals surface area contributed by atoms with Crippen LogP contribution in [0.2, 0.25) is 0 Å². The molecule has 0 aromatic heterocycles. The van der Waals surface area contributed by atoms with Gasteiger partial charge in [0.2, 0.25) is 5.54 Å². The van der Waals surface area contributed by atoms with Gasteiger partial charge in [0.05, 0.1) is 0 Å². The highest BCUT2D eigenvalue weighted by molar-refractivity contribution is 5.88. The Bertz CT molecular complexity index is 377. The van der Waals surface area contributed by atoms with Gasteiger partial charge in [-0.1, -0.05) is 5.92 Å². The third-order valence-electron chi connectivity index (χ3n) is 2.59. The van der Waals surface area contributed by atoms with Crippen LogP contribution in [0.5, 0.6) is 0 Å². The molecule has 5 heteroatoms. The zero-order valence-corrected chi connectivity index (χ0v) is 10.3. The van der Waals surface area contributed by atoms with Crippen LogP contribution in [-0.4, -0.2) is 39.8 Å². The molecule has 0 aromatic rings. The molecule has 1 aliphatic heterocycles. The minimum absolute atomic E-state index is 0.262. The number of carboxylic acids is 1. The van der Waals surface area contributed by atoms with Crippen LogP contribution in [0, 0.1) is 12.3 Å². The molecular formula is C12H17NO4. The fourth-order valence-electron chi connectivity index (χ4n) is 1.82. The fourth-order valence-corrected chi connectivity index (χ4v) is 1.82. The molecule has 1 heterocycles. The van der Waals surface area contributed by atoms with Gasteiger partial charge >= 0.3 is 12.1 Å². The first-order valence-corrected chi connectivity index (χ1v) is 5.45. The van der Waals surface area contributed by atoms with Crippen molar-refractivity contribution in [2.24, 2.45) is 0 Å². The van der Waals surface area contributed by atoms with Gasteiger partial charge in [0.15, 0.2) is 0 Å². The van der Waals surface area contributed by atoms with E-state index in [-0.39, 0.29) is 6.42 Å². The van der Waals surface area contributed by atoms with Crippen LogP contribution in [-0.2, 0) is 9.53 Å². The normalized spacial score (nSPS) is 24.2. The van der Waals surface area contributed by atoms with Gasteiger partial charge in [0.25, 0.3) is 0 Å². The number of hydrogen-bond acceptors (Lipinski definition) is 3. The third-order valence-corrected chi connectivity index (χ3v) is 2.59. The molecular weight excluding hydrogens is 222 g/mol. The molecule has 1 saturated heterocycles. The summed E-state index contributed by atoms with van der Waals surface area (Å²) in [6, 6.07) is 0. The molecule has 0 radical (unpaired) electrons. The maximum Gasteiger partial charge on any atom is 0.412 e. The van der Waals surface area contributed by atoms with Crippen molar-refractivity contribution in [1.29, 1.82) is 0 Å². The Balaban J connectivity index is 2.94. The minimum Gasteiger partial charge on any atom is -0.479 e. The topological polar surface area (TPSA) is 66.8 Å². The number of carbonyl (C=O) groups excluding carboxylic acids is 1. The average Bonchev–Trinajstić information content (AvgIpc) is 2.59. The number of rotatable bonds is 1. The summed E-state index contributed by atoms with van der Waals surface area (Å²) in [7, 11) is 0. The van der Waals surface area contributed by atoms with E-state index in [1.54, 1.807) is 20.8 Å². The third kappa shape index (κ3) is 2.52. The van der Waals surface area contributed by atoms with E-state index >= 15 is 0 Å². The molecule has 1 atom stereocenters. The van der Waals surface area contributed by atoms with E-state index in [0.29, 0.717) is 13.0 Å². The maximum atomic E-state index is 11.9. The number of aliphatic carboxylic acids is 1. The Morgan fingerprint density at radius 1 is 1.47 bits per heavy atom. The van der Waals surface area contributed by atoms with E-state index < -0.39 is 23.2 Å². The van der Waals surface area contributed by atoms with Crippen LogP contribution in [0.1, 0.15) is 33.6 Å². The summed E-state index contributed by atoms with van der Waals surface area (Å²) in [6.45, 7) is 5.48. The second kappa shape index (κ2) is 4.28. The Morgan fingerprint density at radius 3 is 2.47 bits per heavy atom. The second-order valence-corrected chi connectivity index (χ2v) is 5.05. The number of nitrogens with zero attached hydrogens (tertiary/aromatic N) is 1. The van der Waals surface area contributed by atoms with Crippen molar-refractivity contribution in [3.05, 3.63) is 0 Å². The van der Waals surface area contributed by atoms with Crippen LogP contribution < -0.4 is 0 Å². The highest BCUT2D eigenvalue weighted by atomic mass is 16.6. The van der Waals surface area contributed by atoms with Gasteiger partial charge in [-0.15, -0.1) is 6.42 Å². The summed E-state index contributed by atoms with van der Waals surface area (Å²) >= 11 is 0. The van der Waals surface area contributed by atoms with Gasteiger partial charge < -0.3 is 9.84 Å². The molecule has 1 rings (SSSR count). The Hall–Kier alpha value is -1.70. The van der Waals surface area contributed by atoms with Crippen LogP contribution in [0.25, 0.3) is 0 Å². The van der Waals surface area contributed by atoms with E-state index in [9.17, 15) is 14.7 Å². The van der Waals surface area contributed by atoms with Crippen molar-refractivity contribution in [2.75, 3.05) is 6.54 Å². The lowest BCUT2D eigenvalue weighted by Gasteiger charge is -2.32. The van der Waals surface area contributed by atoms with Gasteiger partial charge in [0, 0.05) is 6.54 Å². The first-order valence-electron chi connectivity index (χ1n) is 5.45. The van der Waals surface area contributed by atoms with Crippen molar-refractivity contribution in [2.45, 2.75) is 44.8 Å². The quantitative estimate of drug-likeness (QED) is 0.704. The number of amides is 1. The zero-order valence-electron chi connectivity index (χ0n) is 10.3. The van der Waals surface area contributed by atoms with E-state index in [2.05, 4.69) is 5.92 Å². The van der Waals surface area contributed by atoms with E-state index in [1.807, 2.05) is 0 Å². The summed E-state index contributed by atoms with van der Waals surface area (Å²) in [5, 5.41) is 9.19. The molecule has 1 N–H and O–H groups in total. The molecule has 0 aromatic carbocycles. The van der Waals surface area contributed by atoms with Gasteiger partial charge in [-0.3, -0.25) is 4.90 Å². The van der Waals surface area contributed by atoms with Gasteiger partial charge in [-0.05, 0) is 33.6 Å². The summed E-state index contributed by atoms with van der Waals surface area (Å²) in [6.07, 6.45) is 5.44. The summed E-state index contributed by atoms with van der Waals surface area (Å²) in [4.78, 5) is 24.3. The Kier molecular flexibility index (Phi) is 3.37. The number of carbonyl (C=O) groups is 2. The highest BCUT2D eigenvalue weighted by Gasteiger charge is 2.50. The molecule has 94 valence electrons. The number of likely N-dealkylation sites (tertiary alicyclic amines) is 1. The molecule has 0 unspecified atom stereocenters. The van der Waals surface area contributed by atoms with Crippen molar-refractivity contribution < 1.29 is 19.4 Å². The molecule has 0 spiro atoms. The predicted molar refractivity (Wildman–Crippen MR) is 61.4 cm³/mol. The first kappa shape index (κ1) is 13.4. The molecule has 1 fully saturated rings. The van der Waals surface area contributed by atoms with Crippen molar-refractivity contribution in [3.63, 3.8) is 0 Å². The smallest absolute Gasteiger partial charge is 0.412 e. The van der Waals surface area contributed by atoms with Gasteiger partial charge in [-0.2, -0.15) is 0 Å². The summed E-state index contributed by atoms with van der Waals surface area (Å²) in [5.74, 6) is 1.04. The lowest BCUT2D eigenvalue weighted by Crippen LogP contribution is -2.53. The van der Waals surface area contributed by atoms with Crippen molar-refractivity contribution >= 4 is 12.1 Å². The molecule has 0 aliphatic carbocycles. The first-order chi connectivity index (χ1) is 7.73. The summed E-state index contributed by atoms with van der Waals surface area (Å²) < 4.78 is 5.16. The largest absolute Gasteiger partial charge is 0.479 e. The van der Waals surface area contributed by atoms with E-state index in [1.165, 1.54) is 0 Å². The average molecular weight is 239 g/mol. The Morgan fingerprint density at radius 2 is 2.06 bits per heavy atom. The minimum atomic E-state index is -1.55. The second-order valence-electron chi connectivity index (χ2n) is 5.05. The number of hydrogen-bond donors (Lipinski definition) is 1. The van der Waals surface area contributed by atoms with Crippen LogP contribution in [0.4, 0.5) is 4.79 Å². The molecule has 0 bridgehead atoms. The van der Waals surface area contributed by atoms with Gasteiger partial charge in [-0.25, -0.2) is 9.59 Å². The van der Waals surface area contributed by atoms with Crippen molar-refractivity contribution in [1.82, 2.24) is 4.90 Å². The molecule has 1 aliphatic rings. The predicted octanol–water partition coefficient (Wildman–Crippen LogP) is 1.47. The fraction of sp³-hybridized carbons (Fsp3) is 0.667. The van der Waals surface area contributed by atoms with E-state index in [0.717, 1.165) is 4.90 Å². The lowest BCUT2D eigenvalue weighted by molar-refractivity contribution is -0.145. The Labute approximate surface area is 101 Å². The monoisotopic (exact) mass is 239 g/mol. The lowest BCUT2D eigenvalue weighted by atomic mass is 9.98. The molecule has 17 heavy (non-hydrogen) atoms. The SMILES string of the molecule is C#C[C@]1(C(=O)O)CCCN1C(=O)OC(C)(C)C. The summed E-state index contributed by atoms with van der Waals surface area (Å²) in [5.41, 5.74) is -2.22. The molecule has 1 amide bonds. The molecule has 0 saturated carbocycles. The standard InChI is InChI=1S/C12H17NO4/c1-5-12(9(14)15)7-6-8-13(12)10(16)17-11(2,3)4/h1H,6-8H2,2-4H3,(H,14,15)/t12-/m1/s1. The van der Waals surface area contributed by atoms with Gasteiger partial charge in [0.1, 0.15) is 5.60 Å². The number of ether oxygens (including phenoxy) is 1. The highest BCUT2D eigenvalue weighted by Crippen LogP contribution is 2.30. The zero-order chi connectivity index (χ0) is 13.3. The van der Waals surface area contributed by atoms with Crippen LogP contribution in [0.3, 0.4) is 0 Å². The molecule has 5 nitrogen and oxygen atoms in total. The van der Waals surface area contributed by atoms with Crippen LogP contribution in [0.15, 0.2) is 0 Å². The number of terminal acetylenes is 1.